The Balaban J connectivity index is 2.18. The SMILES string of the molecule is Cn1c(=O)c2c(-c3ccc(Br)cc3)n(-c3ccc(Cl)cc3)cc2n(C)c1=O. The summed E-state index contributed by atoms with van der Waals surface area (Å²) in [6, 6.07) is 15.1. The molecule has 0 aliphatic heterocycles. The van der Waals surface area contributed by atoms with Crippen LogP contribution in [0.15, 0.2) is 68.8 Å². The van der Waals surface area contributed by atoms with Crippen LogP contribution in [0.1, 0.15) is 0 Å². The number of halogens is 2. The molecule has 0 aliphatic carbocycles. The van der Waals surface area contributed by atoms with Crippen LogP contribution in [0.25, 0.3) is 27.8 Å². The lowest BCUT2D eigenvalue weighted by Crippen LogP contribution is -2.36. The zero-order chi connectivity index (χ0) is 19.3. The molecular formula is C20H15BrClN3O2. The second-order valence-corrected chi connectivity index (χ2v) is 7.65. The molecule has 0 atom stereocenters. The van der Waals surface area contributed by atoms with E-state index < -0.39 is 0 Å². The second-order valence-electron chi connectivity index (χ2n) is 6.30. The van der Waals surface area contributed by atoms with Gasteiger partial charge in [0, 0.05) is 35.5 Å². The standard InChI is InChI=1S/C20H15BrClN3O2/c1-23-16-11-25(15-9-7-14(22)8-10-15)18(12-3-5-13(21)6-4-12)17(16)19(26)24(2)20(23)27/h3-11H,1-2H3. The van der Waals surface area contributed by atoms with Crippen molar-refractivity contribution in [2.45, 2.75) is 0 Å². The fourth-order valence-electron chi connectivity index (χ4n) is 3.24. The number of rotatable bonds is 2. The maximum atomic E-state index is 13.0. The van der Waals surface area contributed by atoms with Crippen molar-refractivity contribution in [3.8, 4) is 16.9 Å². The zero-order valence-corrected chi connectivity index (χ0v) is 17.0. The molecule has 4 aromatic rings. The largest absolute Gasteiger partial charge is 0.330 e. The van der Waals surface area contributed by atoms with E-state index in [1.807, 2.05) is 47.2 Å². The van der Waals surface area contributed by atoms with E-state index in [-0.39, 0.29) is 11.2 Å². The Morgan fingerprint density at radius 3 is 2.15 bits per heavy atom. The van der Waals surface area contributed by atoms with Crippen LogP contribution in [-0.4, -0.2) is 13.7 Å². The van der Waals surface area contributed by atoms with Gasteiger partial charge in [0.2, 0.25) is 0 Å². The summed E-state index contributed by atoms with van der Waals surface area (Å²) in [5.74, 6) is 0. The van der Waals surface area contributed by atoms with Crippen molar-refractivity contribution < 1.29 is 0 Å². The smallest absolute Gasteiger partial charge is 0.314 e. The minimum absolute atomic E-state index is 0.321. The Morgan fingerprint density at radius 1 is 0.889 bits per heavy atom. The van der Waals surface area contributed by atoms with Gasteiger partial charge in [0.05, 0.1) is 16.6 Å². The first-order valence-corrected chi connectivity index (χ1v) is 9.38. The number of fused-ring (bicyclic) bond motifs is 1. The summed E-state index contributed by atoms with van der Waals surface area (Å²) in [6.45, 7) is 0. The number of hydrogen-bond donors (Lipinski definition) is 0. The van der Waals surface area contributed by atoms with Gasteiger partial charge < -0.3 is 4.57 Å². The highest BCUT2D eigenvalue weighted by atomic mass is 79.9. The van der Waals surface area contributed by atoms with Crippen molar-refractivity contribution in [3.63, 3.8) is 0 Å². The molecule has 2 aromatic heterocycles. The summed E-state index contributed by atoms with van der Waals surface area (Å²) in [7, 11) is 3.16. The van der Waals surface area contributed by atoms with Gasteiger partial charge in [-0.2, -0.15) is 0 Å². The highest BCUT2D eigenvalue weighted by Crippen LogP contribution is 2.32. The number of nitrogens with zero attached hydrogens (tertiary/aromatic N) is 3. The average Bonchev–Trinajstić information content (AvgIpc) is 3.06. The minimum Gasteiger partial charge on any atom is -0.314 e. The molecule has 0 radical (unpaired) electrons. The van der Waals surface area contributed by atoms with Crippen molar-refractivity contribution in [1.29, 1.82) is 0 Å². The van der Waals surface area contributed by atoms with Crippen LogP contribution in [0.3, 0.4) is 0 Å². The number of aromatic nitrogens is 3. The fraction of sp³-hybridized carbons (Fsp3) is 0.100. The van der Waals surface area contributed by atoms with Crippen LogP contribution >= 0.6 is 27.5 Å². The zero-order valence-electron chi connectivity index (χ0n) is 14.6. The van der Waals surface area contributed by atoms with E-state index in [0.717, 1.165) is 26.0 Å². The quantitative estimate of drug-likeness (QED) is 0.467. The van der Waals surface area contributed by atoms with Gasteiger partial charge in [-0.1, -0.05) is 39.7 Å². The molecule has 0 spiro atoms. The molecule has 136 valence electrons. The van der Waals surface area contributed by atoms with Crippen LogP contribution in [0.5, 0.6) is 0 Å². The number of aryl methyl sites for hydroxylation is 1. The summed E-state index contributed by atoms with van der Waals surface area (Å²) in [5, 5.41) is 1.13. The second kappa shape index (κ2) is 6.55. The first kappa shape index (κ1) is 17.8. The fourth-order valence-corrected chi connectivity index (χ4v) is 3.63. The lowest BCUT2D eigenvalue weighted by atomic mass is 10.1. The van der Waals surface area contributed by atoms with Gasteiger partial charge in [0.25, 0.3) is 5.56 Å². The Morgan fingerprint density at radius 2 is 1.52 bits per heavy atom. The van der Waals surface area contributed by atoms with E-state index in [0.29, 0.717) is 15.9 Å². The molecular weight excluding hydrogens is 430 g/mol. The van der Waals surface area contributed by atoms with Crippen molar-refractivity contribution in [2.24, 2.45) is 14.1 Å². The molecule has 0 unspecified atom stereocenters. The van der Waals surface area contributed by atoms with Gasteiger partial charge in [-0.3, -0.25) is 13.9 Å². The maximum Gasteiger partial charge on any atom is 0.330 e. The summed E-state index contributed by atoms with van der Waals surface area (Å²) in [5.41, 5.74) is 2.36. The Bertz CT molecular complexity index is 1280. The first-order valence-electron chi connectivity index (χ1n) is 8.21. The van der Waals surface area contributed by atoms with Gasteiger partial charge in [0.15, 0.2) is 0 Å². The van der Waals surface area contributed by atoms with E-state index in [1.54, 1.807) is 19.2 Å². The van der Waals surface area contributed by atoms with Gasteiger partial charge in [-0.15, -0.1) is 0 Å². The van der Waals surface area contributed by atoms with Crippen LogP contribution in [0, 0.1) is 0 Å². The molecule has 5 nitrogen and oxygen atoms in total. The molecule has 0 N–H and O–H groups in total. The third-order valence-electron chi connectivity index (χ3n) is 4.66. The summed E-state index contributed by atoms with van der Waals surface area (Å²) < 4.78 is 5.49. The molecule has 4 rings (SSSR count). The van der Waals surface area contributed by atoms with Crippen LogP contribution in [0.4, 0.5) is 0 Å². The van der Waals surface area contributed by atoms with Crippen LogP contribution in [0.2, 0.25) is 5.02 Å². The highest BCUT2D eigenvalue weighted by molar-refractivity contribution is 9.10. The highest BCUT2D eigenvalue weighted by Gasteiger charge is 2.20. The molecule has 2 aromatic carbocycles. The molecule has 0 bridgehead atoms. The molecule has 27 heavy (non-hydrogen) atoms. The van der Waals surface area contributed by atoms with Gasteiger partial charge in [-0.05, 0) is 42.0 Å². The van der Waals surface area contributed by atoms with Crippen LogP contribution in [-0.2, 0) is 14.1 Å². The topological polar surface area (TPSA) is 48.9 Å². The molecule has 2 heterocycles. The monoisotopic (exact) mass is 443 g/mol. The normalized spacial score (nSPS) is 11.3. The van der Waals surface area contributed by atoms with Crippen molar-refractivity contribution in [3.05, 3.63) is 85.1 Å². The molecule has 0 aliphatic rings. The maximum absolute atomic E-state index is 13.0. The molecule has 7 heteroatoms. The van der Waals surface area contributed by atoms with E-state index >= 15 is 0 Å². The molecule has 0 saturated heterocycles. The van der Waals surface area contributed by atoms with Crippen molar-refractivity contribution in [1.82, 2.24) is 13.7 Å². The molecule has 0 fully saturated rings. The average molecular weight is 445 g/mol. The third-order valence-corrected chi connectivity index (χ3v) is 5.44. The van der Waals surface area contributed by atoms with Crippen LogP contribution < -0.4 is 11.2 Å². The lowest BCUT2D eigenvalue weighted by Gasteiger charge is -2.10. The van der Waals surface area contributed by atoms with Gasteiger partial charge >= 0.3 is 5.69 Å². The van der Waals surface area contributed by atoms with E-state index in [1.165, 1.54) is 11.6 Å². The first-order chi connectivity index (χ1) is 12.9. The third kappa shape index (κ3) is 2.85. The predicted octanol–water partition coefficient (Wildman–Crippen LogP) is 4.11. The van der Waals surface area contributed by atoms with E-state index in [4.69, 9.17) is 11.6 Å². The molecule has 0 amide bonds. The Labute approximate surface area is 168 Å². The predicted molar refractivity (Wildman–Crippen MR) is 112 cm³/mol. The van der Waals surface area contributed by atoms with E-state index in [9.17, 15) is 9.59 Å². The summed E-state index contributed by atoms with van der Waals surface area (Å²) in [4.78, 5) is 25.3. The number of benzene rings is 2. The summed E-state index contributed by atoms with van der Waals surface area (Å²) >= 11 is 9.48. The minimum atomic E-state index is -0.358. The van der Waals surface area contributed by atoms with Gasteiger partial charge in [-0.25, -0.2) is 4.79 Å². The van der Waals surface area contributed by atoms with Gasteiger partial charge in [0.1, 0.15) is 0 Å². The number of hydrogen-bond acceptors (Lipinski definition) is 2. The summed E-state index contributed by atoms with van der Waals surface area (Å²) in [6.07, 6.45) is 1.82. The Hall–Kier alpha value is -2.57. The van der Waals surface area contributed by atoms with Crippen molar-refractivity contribution in [2.75, 3.05) is 0 Å². The van der Waals surface area contributed by atoms with E-state index in [2.05, 4.69) is 15.9 Å². The van der Waals surface area contributed by atoms with Crippen molar-refractivity contribution >= 4 is 38.4 Å². The molecule has 0 saturated carbocycles. The Kier molecular flexibility index (Phi) is 4.32. The lowest BCUT2D eigenvalue weighted by molar-refractivity contribution is 0.714.